The lowest BCUT2D eigenvalue weighted by molar-refractivity contribution is 0.0696. The summed E-state index contributed by atoms with van der Waals surface area (Å²) in [7, 11) is 0. The van der Waals surface area contributed by atoms with E-state index in [0.29, 0.717) is 17.1 Å². The third-order valence-electron chi connectivity index (χ3n) is 3.05. The van der Waals surface area contributed by atoms with Gasteiger partial charge in [-0.2, -0.15) is 0 Å². The number of anilines is 1. The summed E-state index contributed by atoms with van der Waals surface area (Å²) in [6, 6.07) is 4.86. The molecule has 7 heteroatoms. The highest BCUT2D eigenvalue weighted by atomic mass is 32.1. The summed E-state index contributed by atoms with van der Waals surface area (Å²) in [6.45, 7) is 0.551. The molecular weight excluding hydrogens is 266 g/mol. The van der Waals surface area contributed by atoms with Gasteiger partial charge in [0.25, 0.3) is 5.91 Å². The number of fused-ring (bicyclic) bond motifs is 1. The lowest BCUT2D eigenvalue weighted by Gasteiger charge is -2.16. The number of hydrogen-bond donors (Lipinski definition) is 1. The fourth-order valence-corrected chi connectivity index (χ4v) is 2.58. The molecule has 19 heavy (non-hydrogen) atoms. The molecule has 96 valence electrons. The molecule has 0 bridgehead atoms. The molecule has 1 aliphatic heterocycles. The van der Waals surface area contributed by atoms with Gasteiger partial charge in [0.15, 0.2) is 0 Å². The van der Waals surface area contributed by atoms with Gasteiger partial charge in [-0.05, 0) is 35.6 Å². The van der Waals surface area contributed by atoms with Crippen molar-refractivity contribution in [2.45, 2.75) is 6.42 Å². The Bertz CT molecular complexity index is 654. The van der Waals surface area contributed by atoms with Crippen molar-refractivity contribution in [3.63, 3.8) is 0 Å². The van der Waals surface area contributed by atoms with Gasteiger partial charge < -0.3 is 10.0 Å². The summed E-state index contributed by atoms with van der Waals surface area (Å²) in [5.41, 5.74) is 1.83. The first-order valence-electron chi connectivity index (χ1n) is 5.62. The van der Waals surface area contributed by atoms with Crippen molar-refractivity contribution in [1.29, 1.82) is 0 Å². The number of carbonyl (C=O) groups excluding carboxylic acids is 1. The fraction of sp³-hybridized carbons (Fsp3) is 0.167. The second kappa shape index (κ2) is 4.43. The van der Waals surface area contributed by atoms with Crippen LogP contribution in [0.5, 0.6) is 0 Å². The van der Waals surface area contributed by atoms with Crippen molar-refractivity contribution in [3.05, 3.63) is 40.4 Å². The molecule has 0 atom stereocenters. The Labute approximate surface area is 112 Å². The maximum absolute atomic E-state index is 12.3. The third kappa shape index (κ3) is 1.97. The summed E-state index contributed by atoms with van der Waals surface area (Å²) >= 11 is 1.03. The van der Waals surface area contributed by atoms with E-state index >= 15 is 0 Å². The highest BCUT2D eigenvalue weighted by molar-refractivity contribution is 7.07. The monoisotopic (exact) mass is 275 g/mol. The summed E-state index contributed by atoms with van der Waals surface area (Å²) in [6.07, 6.45) is 2.15. The zero-order chi connectivity index (χ0) is 13.4. The SMILES string of the molecule is O=C(O)c1ccc2c(c1)N(C(=O)c1cnns1)CC2. The van der Waals surface area contributed by atoms with Gasteiger partial charge >= 0.3 is 5.97 Å². The molecule has 0 saturated heterocycles. The van der Waals surface area contributed by atoms with Gasteiger partial charge in [0, 0.05) is 12.2 Å². The molecule has 0 saturated carbocycles. The van der Waals surface area contributed by atoms with E-state index in [4.69, 9.17) is 5.11 Å². The van der Waals surface area contributed by atoms with Crippen molar-refractivity contribution in [2.75, 3.05) is 11.4 Å². The smallest absolute Gasteiger partial charge is 0.335 e. The number of aromatic nitrogens is 2. The van der Waals surface area contributed by atoms with Crippen LogP contribution in [0.3, 0.4) is 0 Å². The molecule has 3 rings (SSSR count). The maximum Gasteiger partial charge on any atom is 0.335 e. The molecule has 0 aliphatic carbocycles. The third-order valence-corrected chi connectivity index (χ3v) is 3.70. The first kappa shape index (κ1) is 11.8. The van der Waals surface area contributed by atoms with Crippen molar-refractivity contribution in [2.24, 2.45) is 0 Å². The van der Waals surface area contributed by atoms with E-state index in [1.54, 1.807) is 17.0 Å². The topological polar surface area (TPSA) is 83.4 Å². The Morgan fingerprint density at radius 2 is 2.21 bits per heavy atom. The highest BCUT2D eigenvalue weighted by Gasteiger charge is 2.27. The van der Waals surface area contributed by atoms with Gasteiger partial charge in [-0.25, -0.2) is 4.79 Å². The van der Waals surface area contributed by atoms with Crippen molar-refractivity contribution in [1.82, 2.24) is 9.59 Å². The van der Waals surface area contributed by atoms with E-state index in [-0.39, 0.29) is 11.5 Å². The second-order valence-corrected chi connectivity index (χ2v) is 4.92. The molecule has 1 aromatic heterocycles. The number of nitrogens with zero attached hydrogens (tertiary/aromatic N) is 3. The predicted molar refractivity (Wildman–Crippen MR) is 68.7 cm³/mol. The van der Waals surface area contributed by atoms with Crippen LogP contribution in [-0.2, 0) is 6.42 Å². The molecule has 0 unspecified atom stereocenters. The van der Waals surface area contributed by atoms with Crippen LogP contribution in [0.15, 0.2) is 24.4 Å². The number of rotatable bonds is 2. The van der Waals surface area contributed by atoms with E-state index in [2.05, 4.69) is 9.59 Å². The number of hydrogen-bond acceptors (Lipinski definition) is 5. The number of benzene rings is 1. The van der Waals surface area contributed by atoms with Crippen molar-refractivity contribution < 1.29 is 14.7 Å². The van der Waals surface area contributed by atoms with Gasteiger partial charge in [-0.1, -0.05) is 10.6 Å². The minimum Gasteiger partial charge on any atom is -0.478 e. The molecular formula is C12H9N3O3S. The first-order valence-corrected chi connectivity index (χ1v) is 6.39. The average Bonchev–Trinajstić information content (AvgIpc) is 3.06. The minimum absolute atomic E-state index is 0.181. The van der Waals surface area contributed by atoms with Gasteiger partial charge in [0.2, 0.25) is 0 Å². The molecule has 6 nitrogen and oxygen atoms in total. The van der Waals surface area contributed by atoms with E-state index in [1.165, 1.54) is 12.3 Å². The Morgan fingerprint density at radius 1 is 1.37 bits per heavy atom. The standard InChI is InChI=1S/C12H9N3O3S/c16-11(10-6-13-14-19-10)15-4-3-7-1-2-8(12(17)18)5-9(7)15/h1-2,5-6H,3-4H2,(H,17,18). The zero-order valence-electron chi connectivity index (χ0n) is 9.74. The predicted octanol–water partition coefficient (Wildman–Crippen LogP) is 1.44. The normalized spacial score (nSPS) is 13.4. The summed E-state index contributed by atoms with van der Waals surface area (Å²) in [5, 5.41) is 12.6. The molecule has 1 amide bonds. The Kier molecular flexibility index (Phi) is 2.75. The van der Waals surface area contributed by atoms with Crippen LogP contribution in [0.25, 0.3) is 0 Å². The first-order chi connectivity index (χ1) is 9.16. The lowest BCUT2D eigenvalue weighted by Crippen LogP contribution is -2.28. The molecule has 2 aromatic rings. The van der Waals surface area contributed by atoms with Crippen LogP contribution in [0, 0.1) is 0 Å². The number of carboxylic acids is 1. The quantitative estimate of drug-likeness (QED) is 0.896. The minimum atomic E-state index is -0.999. The van der Waals surface area contributed by atoms with Gasteiger partial charge in [0.05, 0.1) is 11.8 Å². The Hall–Kier alpha value is -2.28. The van der Waals surface area contributed by atoms with Crippen LogP contribution in [-0.4, -0.2) is 33.1 Å². The van der Waals surface area contributed by atoms with Crippen LogP contribution in [0.1, 0.15) is 25.6 Å². The van der Waals surface area contributed by atoms with Crippen LogP contribution in [0.4, 0.5) is 5.69 Å². The molecule has 0 radical (unpaired) electrons. The average molecular weight is 275 g/mol. The van der Waals surface area contributed by atoms with Gasteiger partial charge in [0.1, 0.15) is 4.88 Å². The summed E-state index contributed by atoms with van der Waals surface area (Å²) in [5.74, 6) is -1.18. The number of amides is 1. The Morgan fingerprint density at radius 3 is 2.89 bits per heavy atom. The van der Waals surface area contributed by atoms with E-state index in [1.807, 2.05) is 0 Å². The Balaban J connectivity index is 1.99. The van der Waals surface area contributed by atoms with E-state index < -0.39 is 5.97 Å². The van der Waals surface area contributed by atoms with Crippen LogP contribution >= 0.6 is 11.5 Å². The van der Waals surface area contributed by atoms with Crippen molar-refractivity contribution >= 4 is 29.1 Å². The van der Waals surface area contributed by atoms with Crippen molar-refractivity contribution in [3.8, 4) is 0 Å². The molecule has 1 aromatic carbocycles. The highest BCUT2D eigenvalue weighted by Crippen LogP contribution is 2.30. The zero-order valence-corrected chi connectivity index (χ0v) is 10.6. The number of aromatic carboxylic acids is 1. The number of carbonyl (C=O) groups is 2. The maximum atomic E-state index is 12.3. The molecule has 2 heterocycles. The fourth-order valence-electron chi connectivity index (χ4n) is 2.12. The largest absolute Gasteiger partial charge is 0.478 e. The van der Waals surface area contributed by atoms with Gasteiger partial charge in [-0.15, -0.1) is 5.10 Å². The summed E-state index contributed by atoms with van der Waals surface area (Å²) in [4.78, 5) is 25.3. The van der Waals surface area contributed by atoms with E-state index in [9.17, 15) is 9.59 Å². The molecule has 1 aliphatic rings. The molecule has 1 N–H and O–H groups in total. The second-order valence-electron chi connectivity index (χ2n) is 4.14. The summed E-state index contributed by atoms with van der Waals surface area (Å²) < 4.78 is 3.67. The lowest BCUT2D eigenvalue weighted by atomic mass is 10.1. The molecule has 0 spiro atoms. The molecule has 0 fully saturated rings. The van der Waals surface area contributed by atoms with Gasteiger partial charge in [-0.3, -0.25) is 4.79 Å². The van der Waals surface area contributed by atoms with Crippen LogP contribution < -0.4 is 4.90 Å². The van der Waals surface area contributed by atoms with E-state index in [0.717, 1.165) is 23.5 Å². The van der Waals surface area contributed by atoms with Crippen LogP contribution in [0.2, 0.25) is 0 Å². The number of carboxylic acid groups (broad SMARTS) is 1.